The van der Waals surface area contributed by atoms with Gasteiger partial charge in [-0.05, 0) is 37.0 Å². The molecule has 1 fully saturated rings. The highest BCUT2D eigenvalue weighted by molar-refractivity contribution is 5.84. The Labute approximate surface area is 206 Å². The number of amides is 1. The molecule has 0 saturated carbocycles. The van der Waals surface area contributed by atoms with Crippen LogP contribution in [0.25, 0.3) is 0 Å². The van der Waals surface area contributed by atoms with Gasteiger partial charge < -0.3 is 19.3 Å². The summed E-state index contributed by atoms with van der Waals surface area (Å²) in [7, 11) is 1.63. The summed E-state index contributed by atoms with van der Waals surface area (Å²) in [5, 5.41) is 0. The fraction of sp³-hybridized carbons (Fsp3) is 0.393. The van der Waals surface area contributed by atoms with Crippen molar-refractivity contribution in [2.75, 3.05) is 31.6 Å². The number of carbonyl (C=O) groups excluding carboxylic acids is 1. The van der Waals surface area contributed by atoms with E-state index < -0.39 is 0 Å². The largest absolute Gasteiger partial charge is 0.493 e. The number of carbonyl (C=O) groups is 1. The molecule has 1 unspecified atom stereocenters. The van der Waals surface area contributed by atoms with Crippen LogP contribution in [0.15, 0.2) is 54.6 Å². The van der Waals surface area contributed by atoms with Crippen molar-refractivity contribution in [3.8, 4) is 17.4 Å². The van der Waals surface area contributed by atoms with Crippen LogP contribution in [-0.4, -0.2) is 47.5 Å². The van der Waals surface area contributed by atoms with Crippen LogP contribution in [-0.2, 0) is 17.8 Å². The van der Waals surface area contributed by atoms with Crippen molar-refractivity contribution < 1.29 is 14.3 Å². The predicted octanol–water partition coefficient (Wildman–Crippen LogP) is 4.96. The summed E-state index contributed by atoms with van der Waals surface area (Å²) in [6.45, 7) is 5.04. The van der Waals surface area contributed by atoms with E-state index >= 15 is 0 Å². The third-order valence-corrected chi connectivity index (χ3v) is 6.90. The maximum atomic E-state index is 13.6. The molecule has 2 aromatic carbocycles. The normalized spacial score (nSPS) is 16.1. The minimum atomic E-state index is -0.166. The molecule has 7 nitrogen and oxygen atoms in total. The van der Waals surface area contributed by atoms with E-state index in [0.717, 1.165) is 49.2 Å². The monoisotopic (exact) mass is 472 g/mol. The first-order valence-corrected chi connectivity index (χ1v) is 12.5. The average Bonchev–Trinajstić information content (AvgIpc) is 3.45. The zero-order valence-electron chi connectivity index (χ0n) is 20.4. The van der Waals surface area contributed by atoms with Crippen LogP contribution in [0.4, 0.5) is 5.95 Å². The molecule has 0 N–H and O–H groups in total. The molecule has 1 saturated heterocycles. The zero-order chi connectivity index (χ0) is 24.2. The van der Waals surface area contributed by atoms with Crippen molar-refractivity contribution in [1.82, 2.24) is 14.9 Å². The van der Waals surface area contributed by atoms with Gasteiger partial charge in [0.25, 0.3) is 0 Å². The Bertz CT molecular complexity index is 1180. The SMILES string of the molecule is CCC(C(=O)N1CCc2nc(N3CCCC3)nc(Oc3ccccc3OC)c2C1)c1ccccc1. The van der Waals surface area contributed by atoms with Crippen molar-refractivity contribution >= 4 is 11.9 Å². The number of aromatic nitrogens is 2. The van der Waals surface area contributed by atoms with Crippen molar-refractivity contribution in [2.45, 2.75) is 45.1 Å². The molecule has 5 rings (SSSR count). The van der Waals surface area contributed by atoms with Crippen LogP contribution < -0.4 is 14.4 Å². The molecule has 0 spiro atoms. The fourth-order valence-corrected chi connectivity index (χ4v) is 4.97. The van der Waals surface area contributed by atoms with Crippen molar-refractivity contribution in [3.63, 3.8) is 0 Å². The van der Waals surface area contributed by atoms with Crippen LogP contribution in [0.3, 0.4) is 0 Å². The summed E-state index contributed by atoms with van der Waals surface area (Å²) in [4.78, 5) is 27.5. The Morgan fingerprint density at radius 2 is 1.69 bits per heavy atom. The van der Waals surface area contributed by atoms with E-state index in [1.807, 2.05) is 59.5 Å². The molecular weight excluding hydrogens is 440 g/mol. The van der Waals surface area contributed by atoms with Gasteiger partial charge in [-0.25, -0.2) is 4.98 Å². The molecule has 2 aliphatic heterocycles. The van der Waals surface area contributed by atoms with E-state index in [1.54, 1.807) is 7.11 Å². The summed E-state index contributed by atoms with van der Waals surface area (Å²) in [5.74, 6) is 2.43. The Hall–Kier alpha value is -3.61. The van der Waals surface area contributed by atoms with Gasteiger partial charge >= 0.3 is 0 Å². The van der Waals surface area contributed by atoms with E-state index in [1.165, 1.54) is 0 Å². The van der Waals surface area contributed by atoms with Gasteiger partial charge in [0.1, 0.15) is 0 Å². The minimum absolute atomic E-state index is 0.135. The maximum absolute atomic E-state index is 13.6. The number of hydrogen-bond donors (Lipinski definition) is 0. The van der Waals surface area contributed by atoms with Crippen LogP contribution in [0.5, 0.6) is 17.4 Å². The van der Waals surface area contributed by atoms with E-state index in [9.17, 15) is 4.79 Å². The third kappa shape index (κ3) is 4.81. The maximum Gasteiger partial charge on any atom is 0.230 e. The van der Waals surface area contributed by atoms with E-state index in [4.69, 9.17) is 19.4 Å². The molecule has 7 heteroatoms. The lowest BCUT2D eigenvalue weighted by Gasteiger charge is -2.32. The van der Waals surface area contributed by atoms with Crippen molar-refractivity contribution in [2.24, 2.45) is 0 Å². The molecule has 0 aliphatic carbocycles. The number of fused-ring (bicyclic) bond motifs is 1. The summed E-state index contributed by atoms with van der Waals surface area (Å²) in [6, 6.07) is 17.6. The first-order chi connectivity index (χ1) is 17.2. The standard InChI is InChI=1S/C28H32N4O3/c1-3-21(20-11-5-4-6-12-20)27(33)32-18-15-23-22(19-32)26(30-28(29-23)31-16-9-10-17-31)35-25-14-8-7-13-24(25)34-2/h4-8,11-14,21H,3,9-10,15-19H2,1-2H3. The summed E-state index contributed by atoms with van der Waals surface area (Å²) in [5.41, 5.74) is 2.89. The topological polar surface area (TPSA) is 67.8 Å². The lowest BCUT2D eigenvalue weighted by Crippen LogP contribution is -2.39. The molecule has 0 radical (unpaired) electrons. The van der Waals surface area contributed by atoms with Gasteiger partial charge in [0, 0.05) is 26.1 Å². The van der Waals surface area contributed by atoms with Gasteiger partial charge in [-0.2, -0.15) is 4.98 Å². The Kier molecular flexibility index (Phi) is 6.84. The van der Waals surface area contributed by atoms with Gasteiger partial charge in [0.15, 0.2) is 11.5 Å². The predicted molar refractivity (Wildman–Crippen MR) is 135 cm³/mol. The molecule has 3 heterocycles. The Morgan fingerprint density at radius 3 is 2.40 bits per heavy atom. The fourth-order valence-electron chi connectivity index (χ4n) is 4.97. The first kappa shape index (κ1) is 23.1. The van der Waals surface area contributed by atoms with Gasteiger partial charge in [0.2, 0.25) is 17.7 Å². The van der Waals surface area contributed by atoms with Crippen molar-refractivity contribution in [1.29, 1.82) is 0 Å². The van der Waals surface area contributed by atoms with Gasteiger partial charge in [0.05, 0.1) is 30.8 Å². The smallest absolute Gasteiger partial charge is 0.230 e. The molecular formula is C28H32N4O3. The summed E-state index contributed by atoms with van der Waals surface area (Å²) >= 11 is 0. The van der Waals surface area contributed by atoms with E-state index in [2.05, 4.69) is 11.8 Å². The van der Waals surface area contributed by atoms with Crippen LogP contribution in [0, 0.1) is 0 Å². The van der Waals surface area contributed by atoms with Crippen LogP contribution in [0.2, 0.25) is 0 Å². The average molecular weight is 473 g/mol. The zero-order valence-corrected chi connectivity index (χ0v) is 20.4. The number of nitrogens with zero attached hydrogens (tertiary/aromatic N) is 4. The Morgan fingerprint density at radius 1 is 0.971 bits per heavy atom. The Balaban J connectivity index is 1.48. The van der Waals surface area contributed by atoms with Crippen LogP contribution in [0.1, 0.15) is 48.9 Å². The summed E-state index contributed by atoms with van der Waals surface area (Å²) < 4.78 is 11.9. The molecule has 3 aromatic rings. The molecule has 182 valence electrons. The quantitative estimate of drug-likeness (QED) is 0.484. The number of ether oxygens (including phenoxy) is 2. The molecule has 1 atom stereocenters. The summed E-state index contributed by atoms with van der Waals surface area (Å²) in [6.07, 6.45) is 3.71. The molecule has 2 aliphatic rings. The number of para-hydroxylation sites is 2. The highest BCUT2D eigenvalue weighted by Crippen LogP contribution is 2.36. The number of benzene rings is 2. The third-order valence-electron chi connectivity index (χ3n) is 6.90. The van der Waals surface area contributed by atoms with Gasteiger partial charge in [-0.3, -0.25) is 4.79 Å². The number of rotatable bonds is 7. The number of anilines is 1. The molecule has 1 aromatic heterocycles. The lowest BCUT2D eigenvalue weighted by atomic mass is 9.94. The second-order valence-corrected chi connectivity index (χ2v) is 9.08. The van der Waals surface area contributed by atoms with E-state index in [-0.39, 0.29) is 11.8 Å². The van der Waals surface area contributed by atoms with E-state index in [0.29, 0.717) is 42.8 Å². The van der Waals surface area contributed by atoms with Crippen molar-refractivity contribution in [3.05, 3.63) is 71.4 Å². The number of hydrogen-bond acceptors (Lipinski definition) is 6. The van der Waals surface area contributed by atoms with Gasteiger partial charge in [-0.15, -0.1) is 0 Å². The molecule has 1 amide bonds. The van der Waals surface area contributed by atoms with Crippen LogP contribution >= 0.6 is 0 Å². The minimum Gasteiger partial charge on any atom is -0.493 e. The first-order valence-electron chi connectivity index (χ1n) is 12.5. The lowest BCUT2D eigenvalue weighted by molar-refractivity contribution is -0.133. The number of methoxy groups -OCH3 is 1. The second-order valence-electron chi connectivity index (χ2n) is 9.08. The highest BCUT2D eigenvalue weighted by Gasteiger charge is 2.31. The van der Waals surface area contributed by atoms with Gasteiger partial charge in [-0.1, -0.05) is 49.4 Å². The molecule has 35 heavy (non-hydrogen) atoms. The molecule has 0 bridgehead atoms. The highest BCUT2D eigenvalue weighted by atomic mass is 16.5. The second kappa shape index (κ2) is 10.3.